The molecule has 3 heteroatoms. The van der Waals surface area contributed by atoms with Gasteiger partial charge in [-0.15, -0.1) is 0 Å². The maximum Gasteiger partial charge on any atom is 0.128 e. The summed E-state index contributed by atoms with van der Waals surface area (Å²) in [5.74, 6) is 2.01. The monoisotopic (exact) mass is 266 g/mol. The highest BCUT2D eigenvalue weighted by Crippen LogP contribution is 2.30. The van der Waals surface area contributed by atoms with Gasteiger partial charge >= 0.3 is 0 Å². The van der Waals surface area contributed by atoms with E-state index < -0.39 is 0 Å². The van der Waals surface area contributed by atoms with E-state index in [2.05, 4.69) is 18.0 Å². The molecule has 0 aliphatic heterocycles. The van der Waals surface area contributed by atoms with E-state index in [0.29, 0.717) is 12.5 Å². The summed E-state index contributed by atoms with van der Waals surface area (Å²) in [5.41, 5.74) is 8.12. The molecular weight excluding hydrogens is 248 g/mol. The van der Waals surface area contributed by atoms with Crippen LogP contribution in [0.15, 0.2) is 54.7 Å². The number of aromatic nitrogens is 1. The molecule has 3 aromatic rings. The number of para-hydroxylation sites is 1. The molecule has 0 saturated heterocycles. The fourth-order valence-corrected chi connectivity index (χ4v) is 2.34. The lowest BCUT2D eigenvalue weighted by molar-refractivity contribution is 0.483. The third kappa shape index (κ3) is 2.40. The Morgan fingerprint density at radius 3 is 2.65 bits per heavy atom. The molecular formula is C17H18N2O. The Labute approximate surface area is 118 Å². The van der Waals surface area contributed by atoms with Crippen LogP contribution in [0.2, 0.25) is 0 Å². The van der Waals surface area contributed by atoms with Gasteiger partial charge in [-0.1, -0.05) is 25.1 Å². The summed E-state index contributed by atoms with van der Waals surface area (Å²) in [7, 11) is 0. The topological polar surface area (TPSA) is 51.0 Å². The fraction of sp³-hybridized carbons (Fsp3) is 0.176. The van der Waals surface area contributed by atoms with Crippen molar-refractivity contribution in [2.24, 2.45) is 5.73 Å². The predicted molar refractivity (Wildman–Crippen MR) is 82.3 cm³/mol. The highest BCUT2D eigenvalue weighted by atomic mass is 16.5. The molecule has 1 unspecified atom stereocenters. The number of H-pyrrole nitrogens is 1. The first-order valence-electron chi connectivity index (χ1n) is 6.82. The van der Waals surface area contributed by atoms with Crippen LogP contribution < -0.4 is 10.5 Å². The second kappa shape index (κ2) is 5.39. The van der Waals surface area contributed by atoms with Crippen molar-refractivity contribution in [1.82, 2.24) is 4.98 Å². The number of nitrogens with two attached hydrogens (primary N) is 1. The molecule has 102 valence electrons. The number of nitrogens with one attached hydrogen (secondary N) is 1. The van der Waals surface area contributed by atoms with E-state index in [0.717, 1.165) is 17.0 Å². The first kappa shape index (κ1) is 12.8. The van der Waals surface area contributed by atoms with Crippen LogP contribution in [0.5, 0.6) is 11.5 Å². The first-order valence-corrected chi connectivity index (χ1v) is 6.82. The number of aromatic amines is 1. The summed E-state index contributed by atoms with van der Waals surface area (Å²) in [4.78, 5) is 3.28. The molecule has 0 saturated carbocycles. The maximum absolute atomic E-state index is 5.88. The Morgan fingerprint density at radius 1 is 1.10 bits per heavy atom. The van der Waals surface area contributed by atoms with Gasteiger partial charge in [-0.25, -0.2) is 0 Å². The van der Waals surface area contributed by atoms with E-state index in [1.807, 2.05) is 48.7 Å². The van der Waals surface area contributed by atoms with Crippen molar-refractivity contribution >= 4 is 10.9 Å². The van der Waals surface area contributed by atoms with Crippen LogP contribution in [0.25, 0.3) is 10.9 Å². The van der Waals surface area contributed by atoms with Gasteiger partial charge in [-0.2, -0.15) is 0 Å². The molecule has 1 aromatic heterocycles. The average Bonchev–Trinajstić information content (AvgIpc) is 2.91. The van der Waals surface area contributed by atoms with Crippen LogP contribution in [-0.2, 0) is 0 Å². The Balaban J connectivity index is 1.97. The smallest absolute Gasteiger partial charge is 0.128 e. The lowest BCUT2D eigenvalue weighted by atomic mass is 10.0. The normalized spacial score (nSPS) is 12.5. The molecule has 3 N–H and O–H groups in total. The van der Waals surface area contributed by atoms with E-state index in [-0.39, 0.29) is 0 Å². The third-order valence-corrected chi connectivity index (χ3v) is 3.55. The third-order valence-electron chi connectivity index (χ3n) is 3.55. The van der Waals surface area contributed by atoms with E-state index in [1.165, 1.54) is 10.9 Å². The van der Waals surface area contributed by atoms with Crippen LogP contribution in [0.1, 0.15) is 18.4 Å². The molecule has 1 heterocycles. The minimum absolute atomic E-state index is 0.329. The number of hydrogen-bond acceptors (Lipinski definition) is 2. The number of fused-ring (bicyclic) bond motifs is 1. The molecule has 2 aromatic carbocycles. The van der Waals surface area contributed by atoms with Gasteiger partial charge in [-0.3, -0.25) is 0 Å². The van der Waals surface area contributed by atoms with Crippen LogP contribution >= 0.6 is 0 Å². The van der Waals surface area contributed by atoms with Gasteiger partial charge in [0.2, 0.25) is 0 Å². The van der Waals surface area contributed by atoms with Crippen LogP contribution in [0.3, 0.4) is 0 Å². The van der Waals surface area contributed by atoms with Gasteiger partial charge in [0.05, 0.1) is 0 Å². The summed E-state index contributed by atoms with van der Waals surface area (Å²) in [6.45, 7) is 2.77. The van der Waals surface area contributed by atoms with Crippen molar-refractivity contribution in [1.29, 1.82) is 0 Å². The lowest BCUT2D eigenvalue weighted by Gasteiger charge is -2.09. The zero-order chi connectivity index (χ0) is 13.9. The van der Waals surface area contributed by atoms with Crippen molar-refractivity contribution in [2.45, 2.75) is 12.8 Å². The number of rotatable bonds is 4. The molecule has 0 amide bonds. The highest BCUT2D eigenvalue weighted by molar-refractivity contribution is 5.85. The Morgan fingerprint density at radius 2 is 1.90 bits per heavy atom. The van der Waals surface area contributed by atoms with Gasteiger partial charge in [0, 0.05) is 17.1 Å². The van der Waals surface area contributed by atoms with Gasteiger partial charge in [0.1, 0.15) is 11.5 Å². The Kier molecular flexibility index (Phi) is 3.44. The van der Waals surface area contributed by atoms with Crippen molar-refractivity contribution in [2.75, 3.05) is 6.54 Å². The first-order chi connectivity index (χ1) is 9.78. The summed E-state index contributed by atoms with van der Waals surface area (Å²) >= 11 is 0. The molecule has 0 radical (unpaired) electrons. The van der Waals surface area contributed by atoms with E-state index in [1.54, 1.807) is 0 Å². The number of benzene rings is 2. The molecule has 3 rings (SSSR count). The van der Waals surface area contributed by atoms with Crippen LogP contribution in [0.4, 0.5) is 0 Å². The maximum atomic E-state index is 5.88. The SMILES string of the molecule is CC(CN)c1c[nH]c2ccc(Oc3ccccc3)cc12. The summed E-state index contributed by atoms with van der Waals surface area (Å²) < 4.78 is 5.88. The zero-order valence-corrected chi connectivity index (χ0v) is 11.5. The van der Waals surface area contributed by atoms with Gasteiger partial charge in [0.25, 0.3) is 0 Å². The summed E-state index contributed by atoms with van der Waals surface area (Å²) in [5, 5.41) is 1.18. The van der Waals surface area contributed by atoms with E-state index >= 15 is 0 Å². The Bertz CT molecular complexity index is 703. The lowest BCUT2D eigenvalue weighted by Crippen LogP contribution is -2.08. The fourth-order valence-electron chi connectivity index (χ4n) is 2.34. The molecule has 0 bridgehead atoms. The average molecular weight is 266 g/mol. The molecule has 0 aliphatic carbocycles. The summed E-state index contributed by atoms with van der Waals surface area (Å²) in [6.07, 6.45) is 2.04. The minimum Gasteiger partial charge on any atom is -0.457 e. The second-order valence-corrected chi connectivity index (χ2v) is 5.00. The van der Waals surface area contributed by atoms with Crippen molar-refractivity contribution in [3.63, 3.8) is 0 Å². The van der Waals surface area contributed by atoms with Gasteiger partial charge in [-0.05, 0) is 48.4 Å². The van der Waals surface area contributed by atoms with Gasteiger partial charge < -0.3 is 15.5 Å². The molecule has 0 fully saturated rings. The zero-order valence-electron chi connectivity index (χ0n) is 11.5. The molecule has 3 nitrogen and oxygen atoms in total. The Hall–Kier alpha value is -2.26. The minimum atomic E-state index is 0.329. The molecule has 1 atom stereocenters. The van der Waals surface area contributed by atoms with Crippen LogP contribution in [0, 0.1) is 0 Å². The van der Waals surface area contributed by atoms with Crippen molar-refractivity contribution in [3.05, 3.63) is 60.3 Å². The summed E-state index contributed by atoms with van der Waals surface area (Å²) in [6, 6.07) is 15.9. The predicted octanol–water partition coefficient (Wildman–Crippen LogP) is 4.02. The number of hydrogen-bond donors (Lipinski definition) is 2. The van der Waals surface area contributed by atoms with Crippen LogP contribution in [-0.4, -0.2) is 11.5 Å². The largest absolute Gasteiger partial charge is 0.457 e. The van der Waals surface area contributed by atoms with Gasteiger partial charge in [0.15, 0.2) is 0 Å². The van der Waals surface area contributed by atoms with E-state index in [9.17, 15) is 0 Å². The van der Waals surface area contributed by atoms with Crippen molar-refractivity contribution in [3.8, 4) is 11.5 Å². The quantitative estimate of drug-likeness (QED) is 0.749. The molecule has 20 heavy (non-hydrogen) atoms. The van der Waals surface area contributed by atoms with E-state index in [4.69, 9.17) is 10.5 Å². The highest BCUT2D eigenvalue weighted by Gasteiger charge is 2.10. The second-order valence-electron chi connectivity index (χ2n) is 5.00. The molecule has 0 spiro atoms. The number of ether oxygens (including phenoxy) is 1. The molecule has 0 aliphatic rings. The standard InChI is InChI=1S/C17H18N2O/c1-12(10-18)16-11-19-17-8-7-14(9-15(16)17)20-13-5-3-2-4-6-13/h2-9,11-12,19H,10,18H2,1H3. The van der Waals surface area contributed by atoms with Crippen molar-refractivity contribution < 1.29 is 4.74 Å².